The number of unbranched alkanes of at least 4 members (excludes halogenated alkanes) is 3. The average molecular weight is 199 g/mol. The Morgan fingerprint density at radius 3 is 2.43 bits per heavy atom. The molecule has 1 amide bonds. The van der Waals surface area contributed by atoms with Crippen molar-refractivity contribution in [2.75, 3.05) is 6.54 Å². The van der Waals surface area contributed by atoms with Gasteiger partial charge in [0.05, 0.1) is 0 Å². The van der Waals surface area contributed by atoms with Crippen molar-refractivity contribution in [3.63, 3.8) is 0 Å². The fourth-order valence-electron chi connectivity index (χ4n) is 1.44. The first-order chi connectivity index (χ1) is 6.66. The second kappa shape index (κ2) is 9.04. The van der Waals surface area contributed by atoms with Gasteiger partial charge in [-0.2, -0.15) is 0 Å². The maximum absolute atomic E-state index is 10.5. The van der Waals surface area contributed by atoms with E-state index >= 15 is 0 Å². The standard InChI is InChI=1S/C12H25NO/c1-4-11(2)9-7-5-6-8-10-13-12(3)14/h11H,4-10H2,1-3H3,(H,13,14). The summed E-state index contributed by atoms with van der Waals surface area (Å²) in [5, 5.41) is 2.82. The maximum Gasteiger partial charge on any atom is 0.216 e. The zero-order valence-electron chi connectivity index (χ0n) is 9.94. The van der Waals surface area contributed by atoms with Crippen molar-refractivity contribution < 1.29 is 4.79 Å². The summed E-state index contributed by atoms with van der Waals surface area (Å²) >= 11 is 0. The highest BCUT2D eigenvalue weighted by Crippen LogP contribution is 2.12. The molecule has 1 atom stereocenters. The number of amides is 1. The van der Waals surface area contributed by atoms with Gasteiger partial charge in [-0.15, -0.1) is 0 Å². The number of rotatable bonds is 8. The zero-order chi connectivity index (χ0) is 10.8. The van der Waals surface area contributed by atoms with Crippen LogP contribution in [0, 0.1) is 5.92 Å². The van der Waals surface area contributed by atoms with Gasteiger partial charge in [0.15, 0.2) is 0 Å². The van der Waals surface area contributed by atoms with Crippen molar-refractivity contribution in [1.29, 1.82) is 0 Å². The van der Waals surface area contributed by atoms with Crippen molar-refractivity contribution in [2.24, 2.45) is 5.92 Å². The third-order valence-corrected chi connectivity index (χ3v) is 2.69. The van der Waals surface area contributed by atoms with E-state index in [2.05, 4.69) is 19.2 Å². The minimum Gasteiger partial charge on any atom is -0.356 e. The summed E-state index contributed by atoms with van der Waals surface area (Å²) in [5.74, 6) is 0.968. The molecule has 0 aliphatic carbocycles. The van der Waals surface area contributed by atoms with Crippen LogP contribution in [0.2, 0.25) is 0 Å². The predicted octanol–water partition coefficient (Wildman–Crippen LogP) is 3.12. The summed E-state index contributed by atoms with van der Waals surface area (Å²) in [6.07, 6.45) is 7.68. The van der Waals surface area contributed by atoms with E-state index in [1.165, 1.54) is 32.1 Å². The first kappa shape index (κ1) is 13.5. The highest BCUT2D eigenvalue weighted by Gasteiger charge is 1.98. The van der Waals surface area contributed by atoms with E-state index in [1.807, 2.05) is 0 Å². The molecule has 0 spiro atoms. The van der Waals surface area contributed by atoms with Gasteiger partial charge in [0, 0.05) is 13.5 Å². The van der Waals surface area contributed by atoms with Crippen molar-refractivity contribution in [2.45, 2.75) is 59.3 Å². The monoisotopic (exact) mass is 199 g/mol. The molecular formula is C12H25NO. The van der Waals surface area contributed by atoms with Gasteiger partial charge < -0.3 is 5.32 Å². The minimum atomic E-state index is 0.0876. The summed E-state index contributed by atoms with van der Waals surface area (Å²) in [6, 6.07) is 0. The van der Waals surface area contributed by atoms with Crippen LogP contribution in [0.4, 0.5) is 0 Å². The van der Waals surface area contributed by atoms with Gasteiger partial charge in [-0.3, -0.25) is 4.79 Å². The summed E-state index contributed by atoms with van der Waals surface area (Å²) in [5.41, 5.74) is 0. The van der Waals surface area contributed by atoms with E-state index in [4.69, 9.17) is 0 Å². The molecule has 0 aliphatic rings. The SMILES string of the molecule is CCC(C)CCCCCCNC(C)=O. The summed E-state index contributed by atoms with van der Waals surface area (Å²) in [7, 11) is 0. The molecule has 1 N–H and O–H groups in total. The first-order valence-corrected chi connectivity index (χ1v) is 5.91. The number of hydrogen-bond acceptors (Lipinski definition) is 1. The largest absolute Gasteiger partial charge is 0.356 e. The van der Waals surface area contributed by atoms with Crippen LogP contribution in [0.3, 0.4) is 0 Å². The summed E-state index contributed by atoms with van der Waals surface area (Å²) in [4.78, 5) is 10.5. The van der Waals surface area contributed by atoms with Crippen molar-refractivity contribution >= 4 is 5.91 Å². The van der Waals surface area contributed by atoms with Gasteiger partial charge in [-0.05, 0) is 12.3 Å². The van der Waals surface area contributed by atoms with Crippen LogP contribution in [-0.4, -0.2) is 12.5 Å². The van der Waals surface area contributed by atoms with Crippen LogP contribution in [-0.2, 0) is 4.79 Å². The average Bonchev–Trinajstić information content (AvgIpc) is 2.15. The number of hydrogen-bond donors (Lipinski definition) is 1. The van der Waals surface area contributed by atoms with Crippen molar-refractivity contribution in [3.8, 4) is 0 Å². The molecule has 0 saturated carbocycles. The molecule has 84 valence electrons. The van der Waals surface area contributed by atoms with Crippen LogP contribution in [0.25, 0.3) is 0 Å². The van der Waals surface area contributed by atoms with Crippen LogP contribution < -0.4 is 5.32 Å². The Morgan fingerprint density at radius 1 is 1.21 bits per heavy atom. The molecule has 0 rings (SSSR count). The third kappa shape index (κ3) is 9.56. The normalized spacial score (nSPS) is 12.5. The fraction of sp³-hybridized carbons (Fsp3) is 0.917. The topological polar surface area (TPSA) is 29.1 Å². The molecule has 0 aromatic carbocycles. The van der Waals surface area contributed by atoms with E-state index in [-0.39, 0.29) is 5.91 Å². The smallest absolute Gasteiger partial charge is 0.216 e. The number of carbonyl (C=O) groups is 1. The molecule has 0 heterocycles. The van der Waals surface area contributed by atoms with E-state index in [1.54, 1.807) is 6.92 Å². The summed E-state index contributed by atoms with van der Waals surface area (Å²) < 4.78 is 0. The van der Waals surface area contributed by atoms with E-state index in [0.29, 0.717) is 0 Å². The molecule has 0 aliphatic heterocycles. The van der Waals surface area contributed by atoms with E-state index in [9.17, 15) is 4.79 Å². The molecule has 2 nitrogen and oxygen atoms in total. The van der Waals surface area contributed by atoms with Crippen LogP contribution in [0.1, 0.15) is 59.3 Å². The lowest BCUT2D eigenvalue weighted by molar-refractivity contribution is -0.118. The second-order valence-electron chi connectivity index (χ2n) is 4.20. The van der Waals surface area contributed by atoms with Gasteiger partial charge in [-0.25, -0.2) is 0 Å². The summed E-state index contributed by atoms with van der Waals surface area (Å²) in [6.45, 7) is 6.99. The van der Waals surface area contributed by atoms with Gasteiger partial charge in [-0.1, -0.05) is 46.0 Å². The molecular weight excluding hydrogens is 174 g/mol. The molecule has 2 heteroatoms. The van der Waals surface area contributed by atoms with Crippen molar-refractivity contribution in [1.82, 2.24) is 5.32 Å². The molecule has 0 radical (unpaired) electrons. The quantitative estimate of drug-likeness (QED) is 0.598. The molecule has 0 fully saturated rings. The van der Waals surface area contributed by atoms with E-state index in [0.717, 1.165) is 18.9 Å². The second-order valence-corrected chi connectivity index (χ2v) is 4.20. The van der Waals surface area contributed by atoms with Gasteiger partial charge >= 0.3 is 0 Å². The zero-order valence-corrected chi connectivity index (χ0v) is 9.94. The van der Waals surface area contributed by atoms with Crippen LogP contribution in [0.5, 0.6) is 0 Å². The van der Waals surface area contributed by atoms with Gasteiger partial charge in [0.2, 0.25) is 5.91 Å². The van der Waals surface area contributed by atoms with Crippen molar-refractivity contribution in [3.05, 3.63) is 0 Å². The lowest BCUT2D eigenvalue weighted by Crippen LogP contribution is -2.20. The van der Waals surface area contributed by atoms with Crippen LogP contribution in [0.15, 0.2) is 0 Å². The van der Waals surface area contributed by atoms with Crippen LogP contribution >= 0.6 is 0 Å². The first-order valence-electron chi connectivity index (χ1n) is 5.91. The molecule has 1 unspecified atom stereocenters. The number of nitrogens with one attached hydrogen (secondary N) is 1. The minimum absolute atomic E-state index is 0.0876. The molecule has 0 aromatic heterocycles. The van der Waals surface area contributed by atoms with E-state index < -0.39 is 0 Å². The number of carbonyl (C=O) groups excluding carboxylic acids is 1. The Balaban J connectivity index is 3.02. The predicted molar refractivity (Wildman–Crippen MR) is 61.2 cm³/mol. The fourth-order valence-corrected chi connectivity index (χ4v) is 1.44. The Hall–Kier alpha value is -0.530. The molecule has 0 bridgehead atoms. The Bertz CT molecular complexity index is 145. The molecule has 14 heavy (non-hydrogen) atoms. The lowest BCUT2D eigenvalue weighted by atomic mass is 10.0. The molecule has 0 aromatic rings. The lowest BCUT2D eigenvalue weighted by Gasteiger charge is -2.07. The Morgan fingerprint density at radius 2 is 1.86 bits per heavy atom. The molecule has 0 saturated heterocycles. The Kier molecular flexibility index (Phi) is 8.70. The van der Waals surface area contributed by atoms with Gasteiger partial charge in [0.25, 0.3) is 0 Å². The maximum atomic E-state index is 10.5. The Labute approximate surface area is 88.5 Å². The van der Waals surface area contributed by atoms with Gasteiger partial charge in [0.1, 0.15) is 0 Å². The highest BCUT2D eigenvalue weighted by atomic mass is 16.1. The highest BCUT2D eigenvalue weighted by molar-refractivity contribution is 5.72. The third-order valence-electron chi connectivity index (χ3n) is 2.69.